The van der Waals surface area contributed by atoms with E-state index < -0.39 is 0 Å². The van der Waals surface area contributed by atoms with Gasteiger partial charge in [-0.25, -0.2) is 4.98 Å². The van der Waals surface area contributed by atoms with E-state index in [2.05, 4.69) is 20.9 Å². The average Bonchev–Trinajstić information content (AvgIpc) is 3.47. The zero-order valence-electron chi connectivity index (χ0n) is 19.1. The number of rotatable bonds is 6. The molecule has 0 spiro atoms. The van der Waals surface area contributed by atoms with Crippen molar-refractivity contribution in [2.24, 2.45) is 0 Å². The van der Waals surface area contributed by atoms with E-state index in [-0.39, 0.29) is 12.4 Å². The van der Waals surface area contributed by atoms with Gasteiger partial charge in [-0.15, -0.1) is 11.3 Å². The van der Waals surface area contributed by atoms with Gasteiger partial charge in [-0.3, -0.25) is 4.79 Å². The largest absolute Gasteiger partial charge is 0.490 e. The molecule has 0 bridgehead atoms. The molecular formula is C26H23BrN2O5S. The maximum atomic E-state index is 13.0. The number of benzene rings is 2. The quantitative estimate of drug-likeness (QED) is 0.314. The molecule has 6 rings (SSSR count). The molecule has 3 heterocycles. The first-order chi connectivity index (χ1) is 17.1. The summed E-state index contributed by atoms with van der Waals surface area (Å²) in [5.74, 6) is 3.13. The lowest BCUT2D eigenvalue weighted by molar-refractivity contribution is 0.174. The van der Waals surface area contributed by atoms with Crippen LogP contribution in [0.25, 0.3) is 21.6 Å². The summed E-state index contributed by atoms with van der Waals surface area (Å²) in [4.78, 5) is 23.0. The van der Waals surface area contributed by atoms with Crippen LogP contribution in [0.2, 0.25) is 0 Å². The van der Waals surface area contributed by atoms with Crippen LogP contribution < -0.4 is 24.5 Å². The molecule has 9 heteroatoms. The summed E-state index contributed by atoms with van der Waals surface area (Å²) in [6.07, 6.45) is 4.27. The Balaban J connectivity index is 1.33. The van der Waals surface area contributed by atoms with Crippen LogP contribution in [0, 0.1) is 0 Å². The van der Waals surface area contributed by atoms with Crippen molar-refractivity contribution in [3.8, 4) is 34.4 Å². The zero-order chi connectivity index (χ0) is 23.9. The Morgan fingerprint density at radius 1 is 1.11 bits per heavy atom. The fraction of sp³-hybridized carbons (Fsp3) is 0.308. The highest BCUT2D eigenvalue weighted by molar-refractivity contribution is 9.10. The molecule has 1 aliphatic carbocycles. The Bertz CT molecular complexity index is 1500. The third-order valence-corrected chi connectivity index (χ3v) is 8.00. The maximum Gasteiger partial charge on any atom is 0.260 e. The number of nitrogens with one attached hydrogen (secondary N) is 1. The molecule has 2 aromatic carbocycles. The molecule has 0 radical (unpaired) electrons. The van der Waals surface area contributed by atoms with Crippen molar-refractivity contribution in [3.05, 3.63) is 61.2 Å². The smallest absolute Gasteiger partial charge is 0.260 e. The number of aryl methyl sites for hydroxylation is 2. The molecule has 1 aliphatic heterocycles. The number of H-pyrrole nitrogens is 1. The van der Waals surface area contributed by atoms with Gasteiger partial charge in [0.15, 0.2) is 23.0 Å². The number of ether oxygens (including phenoxy) is 4. The third-order valence-electron chi connectivity index (χ3n) is 6.23. The van der Waals surface area contributed by atoms with Crippen LogP contribution in [0.4, 0.5) is 0 Å². The fourth-order valence-corrected chi connectivity index (χ4v) is 6.41. The first kappa shape index (κ1) is 22.4. The Morgan fingerprint density at radius 3 is 2.86 bits per heavy atom. The highest BCUT2D eigenvalue weighted by Crippen LogP contribution is 2.41. The molecule has 0 saturated carbocycles. The highest BCUT2D eigenvalue weighted by atomic mass is 79.9. The van der Waals surface area contributed by atoms with Gasteiger partial charge >= 0.3 is 0 Å². The number of fused-ring (bicyclic) bond motifs is 4. The predicted octanol–water partition coefficient (Wildman–Crippen LogP) is 6.00. The molecular weight excluding hydrogens is 532 g/mol. The van der Waals surface area contributed by atoms with Crippen LogP contribution in [-0.4, -0.2) is 23.4 Å². The molecule has 0 atom stereocenters. The van der Waals surface area contributed by atoms with E-state index in [1.54, 1.807) is 11.3 Å². The summed E-state index contributed by atoms with van der Waals surface area (Å²) in [5, 5.41) is 0.751. The van der Waals surface area contributed by atoms with E-state index in [4.69, 9.17) is 23.9 Å². The third kappa shape index (κ3) is 4.16. The van der Waals surface area contributed by atoms with Crippen molar-refractivity contribution in [3.63, 3.8) is 0 Å². The molecule has 1 N–H and O–H groups in total. The summed E-state index contributed by atoms with van der Waals surface area (Å²) < 4.78 is 23.6. The van der Waals surface area contributed by atoms with E-state index in [1.165, 1.54) is 16.9 Å². The van der Waals surface area contributed by atoms with Gasteiger partial charge in [0, 0.05) is 10.4 Å². The van der Waals surface area contributed by atoms with Crippen molar-refractivity contribution in [2.75, 3.05) is 13.4 Å². The van der Waals surface area contributed by atoms with Gasteiger partial charge in [0.1, 0.15) is 17.3 Å². The molecule has 35 heavy (non-hydrogen) atoms. The van der Waals surface area contributed by atoms with Crippen LogP contribution in [0.15, 0.2) is 39.6 Å². The summed E-state index contributed by atoms with van der Waals surface area (Å²) in [7, 11) is 0. The maximum absolute atomic E-state index is 13.0. The molecule has 0 fully saturated rings. The lowest BCUT2D eigenvalue weighted by Gasteiger charge is -2.15. The minimum Gasteiger partial charge on any atom is -0.490 e. The van der Waals surface area contributed by atoms with Gasteiger partial charge in [0.05, 0.1) is 16.5 Å². The minimum absolute atomic E-state index is 0.0818. The summed E-state index contributed by atoms with van der Waals surface area (Å²) >= 11 is 5.28. The Labute approximate surface area is 214 Å². The Morgan fingerprint density at radius 2 is 1.97 bits per heavy atom. The van der Waals surface area contributed by atoms with Crippen LogP contribution in [0.5, 0.6) is 23.0 Å². The molecule has 7 nitrogen and oxygen atoms in total. The molecule has 0 saturated heterocycles. The Kier molecular flexibility index (Phi) is 5.89. The standard InChI is InChI=1S/C26H23BrN2O5S/c1-2-31-20-11-15(24-28-25(30)22-16-5-3-4-6-21(16)35-26(22)29-24)10-17(27)23(20)32-12-14-7-8-18-19(9-14)34-13-33-18/h7-11H,2-6,12-13H2,1H3,(H,28,29,30). The number of aromatic amines is 1. The number of aromatic nitrogens is 2. The molecule has 4 aromatic rings. The lowest BCUT2D eigenvalue weighted by atomic mass is 9.97. The van der Waals surface area contributed by atoms with Gasteiger partial charge in [0.2, 0.25) is 6.79 Å². The number of nitrogens with zero attached hydrogens (tertiary/aromatic N) is 1. The summed E-state index contributed by atoms with van der Waals surface area (Å²) in [6, 6.07) is 9.50. The summed E-state index contributed by atoms with van der Waals surface area (Å²) in [5.41, 5.74) is 2.80. The van der Waals surface area contributed by atoms with E-state index in [1.807, 2.05) is 37.3 Å². The second kappa shape index (κ2) is 9.20. The SMILES string of the molecule is CCOc1cc(-c2nc3sc4c(c3c(=O)[nH]2)CCCC4)cc(Br)c1OCc1ccc2c(c1)OCO2. The first-order valence-electron chi connectivity index (χ1n) is 11.6. The Hall–Kier alpha value is -3.04. The van der Waals surface area contributed by atoms with Crippen LogP contribution >= 0.6 is 27.3 Å². The fourth-order valence-electron chi connectivity index (χ4n) is 4.59. The molecule has 180 valence electrons. The highest BCUT2D eigenvalue weighted by Gasteiger charge is 2.21. The molecule has 2 aromatic heterocycles. The minimum atomic E-state index is -0.0818. The van der Waals surface area contributed by atoms with Crippen LogP contribution in [0.1, 0.15) is 35.8 Å². The normalized spacial score (nSPS) is 14.2. The number of hydrogen-bond donors (Lipinski definition) is 1. The summed E-state index contributed by atoms with van der Waals surface area (Å²) in [6.45, 7) is 2.95. The van der Waals surface area contributed by atoms with E-state index >= 15 is 0 Å². The van der Waals surface area contributed by atoms with E-state index in [0.29, 0.717) is 40.8 Å². The van der Waals surface area contributed by atoms with Gasteiger partial charge < -0.3 is 23.9 Å². The second-order valence-electron chi connectivity index (χ2n) is 8.50. The van der Waals surface area contributed by atoms with Gasteiger partial charge in [0.25, 0.3) is 5.56 Å². The van der Waals surface area contributed by atoms with Crippen molar-refractivity contribution in [1.29, 1.82) is 0 Å². The van der Waals surface area contributed by atoms with Gasteiger partial charge in [-0.1, -0.05) is 6.07 Å². The van der Waals surface area contributed by atoms with Crippen molar-refractivity contribution in [2.45, 2.75) is 39.2 Å². The molecule has 2 aliphatic rings. The zero-order valence-corrected chi connectivity index (χ0v) is 21.5. The number of thiophene rings is 1. The van der Waals surface area contributed by atoms with Crippen molar-refractivity contribution >= 4 is 37.5 Å². The van der Waals surface area contributed by atoms with Gasteiger partial charge in [-0.05, 0) is 83.9 Å². The number of halogens is 1. The van der Waals surface area contributed by atoms with Gasteiger partial charge in [-0.2, -0.15) is 0 Å². The second-order valence-corrected chi connectivity index (χ2v) is 10.4. The van der Waals surface area contributed by atoms with E-state index in [9.17, 15) is 4.79 Å². The molecule has 0 unspecified atom stereocenters. The van der Waals surface area contributed by atoms with Crippen molar-refractivity contribution in [1.82, 2.24) is 9.97 Å². The monoisotopic (exact) mass is 554 g/mol. The van der Waals surface area contributed by atoms with Crippen molar-refractivity contribution < 1.29 is 18.9 Å². The van der Waals surface area contributed by atoms with Crippen LogP contribution in [0.3, 0.4) is 0 Å². The average molecular weight is 555 g/mol. The lowest BCUT2D eigenvalue weighted by Crippen LogP contribution is -2.11. The number of hydrogen-bond acceptors (Lipinski definition) is 7. The topological polar surface area (TPSA) is 82.7 Å². The first-order valence-corrected chi connectivity index (χ1v) is 13.2. The van der Waals surface area contributed by atoms with E-state index in [0.717, 1.165) is 46.4 Å². The molecule has 0 amide bonds. The predicted molar refractivity (Wildman–Crippen MR) is 138 cm³/mol. The van der Waals surface area contributed by atoms with Crippen LogP contribution in [-0.2, 0) is 19.4 Å².